The summed E-state index contributed by atoms with van der Waals surface area (Å²) < 4.78 is 1.60. The van der Waals surface area contributed by atoms with Crippen LogP contribution in [0.2, 0.25) is 0 Å². The zero-order valence-electron chi connectivity index (χ0n) is 13.4. The lowest BCUT2D eigenvalue weighted by Crippen LogP contribution is -2.27. The van der Waals surface area contributed by atoms with Crippen LogP contribution in [0, 0.1) is 0 Å². The highest BCUT2D eigenvalue weighted by atomic mass is 32.1. The van der Waals surface area contributed by atoms with Gasteiger partial charge in [0.25, 0.3) is 0 Å². The molecular formula is C16H19N5OS. The van der Waals surface area contributed by atoms with Crippen LogP contribution in [-0.4, -0.2) is 25.9 Å². The molecule has 0 spiro atoms. The van der Waals surface area contributed by atoms with E-state index >= 15 is 0 Å². The Morgan fingerprint density at radius 2 is 2.09 bits per heavy atom. The molecule has 0 bridgehead atoms. The van der Waals surface area contributed by atoms with Crippen molar-refractivity contribution in [2.24, 2.45) is 0 Å². The van der Waals surface area contributed by atoms with Crippen molar-refractivity contribution in [3.63, 3.8) is 0 Å². The first-order valence-corrected chi connectivity index (χ1v) is 8.31. The Bertz CT molecular complexity index is 830. The maximum atomic E-state index is 12.1. The molecule has 23 heavy (non-hydrogen) atoms. The van der Waals surface area contributed by atoms with Gasteiger partial charge in [-0.1, -0.05) is 38.1 Å². The Balaban J connectivity index is 1.61. The molecule has 0 saturated carbocycles. The number of nitrogens with zero attached hydrogens (tertiary/aromatic N) is 4. The summed E-state index contributed by atoms with van der Waals surface area (Å²) in [6.45, 7) is 6.96. The number of aromatic nitrogens is 4. The van der Waals surface area contributed by atoms with Crippen LogP contribution in [0.25, 0.3) is 11.0 Å². The van der Waals surface area contributed by atoms with Crippen molar-refractivity contribution in [1.82, 2.24) is 25.3 Å². The monoisotopic (exact) mass is 329 g/mol. The quantitative estimate of drug-likeness (QED) is 0.798. The molecule has 2 heterocycles. The molecule has 0 radical (unpaired) electrons. The largest absolute Gasteiger partial charge is 0.348 e. The lowest BCUT2D eigenvalue weighted by atomic mass is 9.93. The SMILES string of the molecule is CC(C)(C)c1csc(CNC(=O)Cn2nnc3ccccc32)n1. The number of carbonyl (C=O) groups is 1. The van der Waals surface area contributed by atoms with Gasteiger partial charge in [-0.2, -0.15) is 0 Å². The third kappa shape index (κ3) is 3.56. The van der Waals surface area contributed by atoms with Crippen LogP contribution in [0.5, 0.6) is 0 Å². The first-order chi connectivity index (χ1) is 10.9. The highest BCUT2D eigenvalue weighted by Crippen LogP contribution is 2.23. The van der Waals surface area contributed by atoms with E-state index in [1.54, 1.807) is 16.0 Å². The molecule has 0 unspecified atom stereocenters. The minimum atomic E-state index is -0.104. The number of rotatable bonds is 4. The Hall–Kier alpha value is -2.28. The Morgan fingerprint density at radius 3 is 2.83 bits per heavy atom. The number of hydrogen-bond acceptors (Lipinski definition) is 5. The van der Waals surface area contributed by atoms with Gasteiger partial charge in [-0.25, -0.2) is 9.67 Å². The molecule has 6 nitrogen and oxygen atoms in total. The van der Waals surface area contributed by atoms with Crippen LogP contribution >= 0.6 is 11.3 Å². The fourth-order valence-electron chi connectivity index (χ4n) is 2.14. The second kappa shape index (κ2) is 6.08. The van der Waals surface area contributed by atoms with Gasteiger partial charge >= 0.3 is 0 Å². The number of para-hydroxylation sites is 1. The lowest BCUT2D eigenvalue weighted by Gasteiger charge is -2.14. The normalized spacial score (nSPS) is 11.8. The molecule has 3 rings (SSSR count). The molecule has 1 aromatic carbocycles. The lowest BCUT2D eigenvalue weighted by molar-refractivity contribution is -0.121. The van der Waals surface area contributed by atoms with Gasteiger partial charge in [0.05, 0.1) is 17.8 Å². The van der Waals surface area contributed by atoms with Gasteiger partial charge in [0, 0.05) is 10.8 Å². The minimum absolute atomic E-state index is 0.0262. The van der Waals surface area contributed by atoms with Crippen molar-refractivity contribution < 1.29 is 4.79 Å². The fourth-order valence-corrected chi connectivity index (χ4v) is 3.10. The number of carbonyl (C=O) groups excluding carboxylic acids is 1. The van der Waals surface area contributed by atoms with E-state index in [1.807, 2.05) is 29.6 Å². The van der Waals surface area contributed by atoms with Crippen LogP contribution in [0.4, 0.5) is 0 Å². The molecule has 0 aliphatic rings. The standard InChI is InChI=1S/C16H19N5OS/c1-16(2,3)13-10-23-15(18-13)8-17-14(22)9-21-12-7-5-4-6-11(12)19-20-21/h4-7,10H,8-9H2,1-3H3,(H,17,22). The zero-order chi connectivity index (χ0) is 16.4. The number of hydrogen-bond donors (Lipinski definition) is 1. The van der Waals surface area contributed by atoms with E-state index in [2.05, 4.69) is 41.4 Å². The van der Waals surface area contributed by atoms with Gasteiger partial charge in [0.2, 0.25) is 5.91 Å². The molecule has 0 saturated heterocycles. The van der Waals surface area contributed by atoms with E-state index in [4.69, 9.17) is 0 Å². The summed E-state index contributed by atoms with van der Waals surface area (Å²) in [6, 6.07) is 7.58. The first-order valence-electron chi connectivity index (χ1n) is 7.43. The van der Waals surface area contributed by atoms with Crippen LogP contribution < -0.4 is 5.32 Å². The van der Waals surface area contributed by atoms with Crippen molar-refractivity contribution in [3.8, 4) is 0 Å². The second-order valence-electron chi connectivity index (χ2n) is 6.39. The highest BCUT2D eigenvalue weighted by Gasteiger charge is 2.17. The van der Waals surface area contributed by atoms with E-state index in [9.17, 15) is 4.79 Å². The van der Waals surface area contributed by atoms with Crippen LogP contribution in [0.3, 0.4) is 0 Å². The Labute approximate surface area is 138 Å². The van der Waals surface area contributed by atoms with Crippen LogP contribution in [0.1, 0.15) is 31.5 Å². The predicted octanol–water partition coefficient (Wildman–Crippen LogP) is 2.50. The van der Waals surface area contributed by atoms with E-state index in [0.717, 1.165) is 21.7 Å². The smallest absolute Gasteiger partial charge is 0.242 e. The maximum Gasteiger partial charge on any atom is 0.242 e. The van der Waals surface area contributed by atoms with Crippen molar-refractivity contribution in [2.75, 3.05) is 0 Å². The summed E-state index contributed by atoms with van der Waals surface area (Å²) in [5.41, 5.74) is 2.72. The van der Waals surface area contributed by atoms with Gasteiger partial charge < -0.3 is 5.32 Å². The molecule has 0 fully saturated rings. The highest BCUT2D eigenvalue weighted by molar-refractivity contribution is 7.09. The van der Waals surface area contributed by atoms with Gasteiger partial charge in [-0.3, -0.25) is 4.79 Å². The van der Waals surface area contributed by atoms with Crippen molar-refractivity contribution in [2.45, 2.75) is 39.3 Å². The van der Waals surface area contributed by atoms with Crippen LogP contribution in [-0.2, 0) is 23.3 Å². The Kier molecular flexibility index (Phi) is 4.12. The van der Waals surface area contributed by atoms with Gasteiger partial charge in [0.1, 0.15) is 17.1 Å². The summed E-state index contributed by atoms with van der Waals surface area (Å²) in [5, 5.41) is 13.9. The summed E-state index contributed by atoms with van der Waals surface area (Å²) >= 11 is 1.57. The second-order valence-corrected chi connectivity index (χ2v) is 7.33. The van der Waals surface area contributed by atoms with E-state index in [-0.39, 0.29) is 17.9 Å². The predicted molar refractivity (Wildman–Crippen MR) is 90.2 cm³/mol. The van der Waals surface area contributed by atoms with Gasteiger partial charge in [0.15, 0.2) is 0 Å². The number of amides is 1. The average Bonchev–Trinajstić information content (AvgIpc) is 3.12. The molecular weight excluding hydrogens is 310 g/mol. The van der Waals surface area contributed by atoms with Gasteiger partial charge in [-0.15, -0.1) is 16.4 Å². The zero-order valence-corrected chi connectivity index (χ0v) is 14.2. The number of fused-ring (bicyclic) bond motifs is 1. The molecule has 2 aromatic heterocycles. The van der Waals surface area contributed by atoms with Crippen molar-refractivity contribution in [3.05, 3.63) is 40.3 Å². The van der Waals surface area contributed by atoms with Crippen molar-refractivity contribution in [1.29, 1.82) is 0 Å². The molecule has 7 heteroatoms. The Morgan fingerprint density at radius 1 is 1.30 bits per heavy atom. The van der Waals surface area contributed by atoms with E-state index in [0.29, 0.717) is 6.54 Å². The topological polar surface area (TPSA) is 72.7 Å². The third-order valence-corrected chi connectivity index (χ3v) is 4.32. The number of nitrogens with one attached hydrogen (secondary N) is 1. The average molecular weight is 329 g/mol. The summed E-state index contributed by atoms with van der Waals surface area (Å²) in [4.78, 5) is 16.7. The minimum Gasteiger partial charge on any atom is -0.348 e. The number of thiazole rings is 1. The first kappa shape index (κ1) is 15.6. The summed E-state index contributed by atoms with van der Waals surface area (Å²) in [7, 11) is 0. The van der Waals surface area contributed by atoms with E-state index < -0.39 is 0 Å². The molecule has 1 N–H and O–H groups in total. The molecule has 120 valence electrons. The molecule has 0 aliphatic carbocycles. The van der Waals surface area contributed by atoms with Gasteiger partial charge in [-0.05, 0) is 12.1 Å². The fraction of sp³-hybridized carbons (Fsp3) is 0.375. The molecule has 0 aliphatic heterocycles. The number of benzene rings is 1. The van der Waals surface area contributed by atoms with Crippen molar-refractivity contribution >= 4 is 28.3 Å². The van der Waals surface area contributed by atoms with Crippen LogP contribution in [0.15, 0.2) is 29.6 Å². The maximum absolute atomic E-state index is 12.1. The third-order valence-electron chi connectivity index (χ3n) is 3.47. The summed E-state index contributed by atoms with van der Waals surface area (Å²) in [6.07, 6.45) is 0. The molecule has 3 aromatic rings. The molecule has 0 atom stereocenters. The van der Waals surface area contributed by atoms with E-state index in [1.165, 1.54) is 0 Å². The molecule has 1 amide bonds. The summed E-state index contributed by atoms with van der Waals surface area (Å²) in [5.74, 6) is -0.104.